The lowest BCUT2D eigenvalue weighted by Gasteiger charge is -2.03. The summed E-state index contributed by atoms with van der Waals surface area (Å²) < 4.78 is 28.4. The number of alkyl halides is 1. The van der Waals surface area contributed by atoms with Crippen molar-refractivity contribution in [3.8, 4) is 0 Å². The van der Waals surface area contributed by atoms with Crippen molar-refractivity contribution in [1.29, 1.82) is 0 Å². The lowest BCUT2D eigenvalue weighted by atomic mass is 10.2. The minimum Gasteiger partial charge on any atom is -0.334 e. The second kappa shape index (κ2) is 7.87. The van der Waals surface area contributed by atoms with Crippen LogP contribution in [0.15, 0.2) is 11.2 Å². The van der Waals surface area contributed by atoms with Crippen molar-refractivity contribution in [3.05, 3.63) is 12.0 Å². The number of imidazole rings is 1. The fraction of sp³-hybridized carbons (Fsp3) is 0.750. The Morgan fingerprint density at radius 3 is 2.58 bits per heavy atom. The van der Waals surface area contributed by atoms with Crippen LogP contribution in [0.2, 0.25) is 0 Å². The van der Waals surface area contributed by atoms with Gasteiger partial charge in [-0.15, -0.1) is 11.6 Å². The second-order valence-electron chi connectivity index (χ2n) is 4.41. The molecular formula is C12H22ClN3O2S. The minimum absolute atomic E-state index is 0.104. The van der Waals surface area contributed by atoms with Crippen molar-refractivity contribution in [1.82, 2.24) is 14.3 Å². The second-order valence-corrected chi connectivity index (χ2v) is 6.51. The van der Waals surface area contributed by atoms with E-state index >= 15 is 0 Å². The van der Waals surface area contributed by atoms with Gasteiger partial charge in [0, 0.05) is 25.2 Å². The number of hydrogen-bond acceptors (Lipinski definition) is 3. The maximum absolute atomic E-state index is 12.0. The van der Waals surface area contributed by atoms with Crippen LogP contribution in [0.3, 0.4) is 0 Å². The Kier molecular flexibility index (Phi) is 6.82. The van der Waals surface area contributed by atoms with Crippen LogP contribution in [-0.2, 0) is 16.6 Å². The van der Waals surface area contributed by atoms with E-state index in [2.05, 4.69) is 9.71 Å². The summed E-state index contributed by atoms with van der Waals surface area (Å²) >= 11 is 5.58. The van der Waals surface area contributed by atoms with E-state index in [9.17, 15) is 8.42 Å². The van der Waals surface area contributed by atoms with Gasteiger partial charge in [-0.05, 0) is 26.7 Å². The molecule has 0 aliphatic rings. The van der Waals surface area contributed by atoms with Crippen molar-refractivity contribution >= 4 is 21.6 Å². The molecule has 1 N–H and O–H groups in total. The molecule has 7 heteroatoms. The highest BCUT2D eigenvalue weighted by atomic mass is 35.5. The molecule has 0 radical (unpaired) electrons. The van der Waals surface area contributed by atoms with Gasteiger partial charge in [0.1, 0.15) is 5.82 Å². The molecule has 0 saturated carbocycles. The molecular weight excluding hydrogens is 286 g/mol. The van der Waals surface area contributed by atoms with Gasteiger partial charge in [-0.3, -0.25) is 0 Å². The lowest BCUT2D eigenvalue weighted by Crippen LogP contribution is -2.25. The van der Waals surface area contributed by atoms with Crippen LogP contribution in [0.1, 0.15) is 38.4 Å². The van der Waals surface area contributed by atoms with Gasteiger partial charge in [0.15, 0.2) is 5.03 Å². The smallest absolute Gasteiger partial charge is 0.259 e. The van der Waals surface area contributed by atoms with Crippen molar-refractivity contribution in [2.75, 3.05) is 12.4 Å². The fourth-order valence-corrected chi connectivity index (χ4v) is 3.05. The molecule has 1 heterocycles. The Hall–Kier alpha value is -0.590. The zero-order valence-corrected chi connectivity index (χ0v) is 13.1. The predicted octanol–water partition coefficient (Wildman–Crippen LogP) is 2.29. The predicted molar refractivity (Wildman–Crippen MR) is 77.0 cm³/mol. The average molecular weight is 308 g/mol. The van der Waals surface area contributed by atoms with E-state index < -0.39 is 10.0 Å². The normalized spacial score (nSPS) is 11.9. The van der Waals surface area contributed by atoms with Crippen molar-refractivity contribution in [2.24, 2.45) is 0 Å². The first-order chi connectivity index (χ1) is 9.01. The van der Waals surface area contributed by atoms with Crippen molar-refractivity contribution in [3.63, 3.8) is 0 Å². The Bertz CT molecular complexity index is 485. The van der Waals surface area contributed by atoms with Gasteiger partial charge in [-0.2, -0.15) is 0 Å². The molecule has 110 valence electrons. The van der Waals surface area contributed by atoms with Gasteiger partial charge in [0.25, 0.3) is 10.0 Å². The number of hydrogen-bond donors (Lipinski definition) is 1. The molecule has 1 aromatic heterocycles. The molecule has 0 aromatic carbocycles. The van der Waals surface area contributed by atoms with Crippen molar-refractivity contribution in [2.45, 2.75) is 51.1 Å². The standard InChI is InChI=1S/C12H22ClN3O2S/c1-3-16-10-12(15-11(16)2)19(17,18)14-9-7-5-4-6-8-13/h10,14H,3-9H2,1-2H3. The molecule has 0 saturated heterocycles. The van der Waals surface area contributed by atoms with Crippen LogP contribution in [0.25, 0.3) is 0 Å². The van der Waals surface area contributed by atoms with Crippen LogP contribution in [0.4, 0.5) is 0 Å². The molecule has 19 heavy (non-hydrogen) atoms. The molecule has 0 atom stereocenters. The molecule has 1 aromatic rings. The summed E-state index contributed by atoms with van der Waals surface area (Å²) in [5.74, 6) is 1.38. The highest BCUT2D eigenvalue weighted by Crippen LogP contribution is 2.09. The van der Waals surface area contributed by atoms with Crippen LogP contribution in [0.5, 0.6) is 0 Å². The quantitative estimate of drug-likeness (QED) is 0.562. The monoisotopic (exact) mass is 307 g/mol. The SMILES string of the molecule is CCn1cc(S(=O)(=O)NCCCCCCCl)nc1C. The van der Waals surface area contributed by atoms with E-state index in [0.29, 0.717) is 24.8 Å². The number of unbranched alkanes of at least 4 members (excludes halogenated alkanes) is 3. The third kappa shape index (κ3) is 5.12. The third-order valence-corrected chi connectivity index (χ3v) is 4.52. The molecule has 5 nitrogen and oxygen atoms in total. The largest absolute Gasteiger partial charge is 0.334 e. The van der Waals surface area contributed by atoms with Gasteiger partial charge in [0.2, 0.25) is 0 Å². The number of rotatable bonds is 9. The molecule has 0 fully saturated rings. The zero-order valence-electron chi connectivity index (χ0n) is 11.5. The van der Waals surface area contributed by atoms with Crippen molar-refractivity contribution < 1.29 is 8.42 Å². The van der Waals surface area contributed by atoms with Crippen LogP contribution >= 0.6 is 11.6 Å². The summed E-state index contributed by atoms with van der Waals surface area (Å²) in [6.45, 7) is 4.92. The van der Waals surface area contributed by atoms with Crippen LogP contribution in [-0.4, -0.2) is 30.4 Å². The van der Waals surface area contributed by atoms with E-state index in [0.717, 1.165) is 25.7 Å². The first-order valence-corrected chi connectivity index (χ1v) is 8.62. The number of aryl methyl sites for hydroxylation is 2. The average Bonchev–Trinajstić information content (AvgIpc) is 2.76. The number of sulfonamides is 1. The molecule has 0 aliphatic heterocycles. The lowest BCUT2D eigenvalue weighted by molar-refractivity contribution is 0.570. The summed E-state index contributed by atoms with van der Waals surface area (Å²) in [7, 11) is -3.47. The van der Waals surface area contributed by atoms with Gasteiger partial charge < -0.3 is 4.57 Å². The Balaban J connectivity index is 2.47. The van der Waals surface area contributed by atoms with Gasteiger partial charge in [0.05, 0.1) is 0 Å². The Morgan fingerprint density at radius 2 is 2.00 bits per heavy atom. The molecule has 0 unspecified atom stereocenters. The maximum atomic E-state index is 12.0. The van der Waals surface area contributed by atoms with E-state index in [4.69, 9.17) is 11.6 Å². The number of aromatic nitrogens is 2. The molecule has 0 bridgehead atoms. The molecule has 0 amide bonds. The first-order valence-electron chi connectivity index (χ1n) is 6.60. The van der Waals surface area contributed by atoms with E-state index in [1.165, 1.54) is 0 Å². The van der Waals surface area contributed by atoms with Crippen LogP contribution < -0.4 is 4.72 Å². The molecule has 0 aliphatic carbocycles. The number of nitrogens with one attached hydrogen (secondary N) is 1. The van der Waals surface area contributed by atoms with E-state index in [-0.39, 0.29) is 5.03 Å². The minimum atomic E-state index is -3.47. The van der Waals surface area contributed by atoms with E-state index in [1.807, 2.05) is 11.5 Å². The Labute approximate surface area is 120 Å². The zero-order chi connectivity index (χ0) is 14.3. The summed E-state index contributed by atoms with van der Waals surface area (Å²) in [6, 6.07) is 0. The van der Waals surface area contributed by atoms with Gasteiger partial charge in [-0.1, -0.05) is 12.8 Å². The third-order valence-electron chi connectivity index (χ3n) is 2.92. The highest BCUT2D eigenvalue weighted by Gasteiger charge is 2.17. The Morgan fingerprint density at radius 1 is 1.32 bits per heavy atom. The number of nitrogens with zero attached hydrogens (tertiary/aromatic N) is 2. The topological polar surface area (TPSA) is 64.0 Å². The highest BCUT2D eigenvalue weighted by molar-refractivity contribution is 7.89. The fourth-order valence-electron chi connectivity index (χ4n) is 1.78. The van der Waals surface area contributed by atoms with Gasteiger partial charge in [-0.25, -0.2) is 18.1 Å². The summed E-state index contributed by atoms with van der Waals surface area (Å²) in [6.07, 6.45) is 5.40. The maximum Gasteiger partial charge on any atom is 0.259 e. The summed E-state index contributed by atoms with van der Waals surface area (Å²) in [5.41, 5.74) is 0. The molecule has 0 spiro atoms. The molecule has 1 rings (SSSR count). The number of halogens is 1. The van der Waals surface area contributed by atoms with Gasteiger partial charge >= 0.3 is 0 Å². The summed E-state index contributed by atoms with van der Waals surface area (Å²) in [5, 5.41) is 0.104. The summed E-state index contributed by atoms with van der Waals surface area (Å²) in [4.78, 5) is 4.08. The van der Waals surface area contributed by atoms with E-state index in [1.54, 1.807) is 13.1 Å². The first kappa shape index (κ1) is 16.5. The van der Waals surface area contributed by atoms with Crippen LogP contribution in [0, 0.1) is 6.92 Å².